The van der Waals surface area contributed by atoms with Crippen LogP contribution >= 0.6 is 23.1 Å². The minimum absolute atomic E-state index is 0.319. The Morgan fingerprint density at radius 2 is 2.04 bits per heavy atom. The van der Waals surface area contributed by atoms with Crippen molar-refractivity contribution in [3.05, 3.63) is 29.3 Å². The van der Waals surface area contributed by atoms with Crippen molar-refractivity contribution in [3.63, 3.8) is 0 Å². The van der Waals surface area contributed by atoms with Crippen LogP contribution in [0.5, 0.6) is 0 Å². The number of nitrogens with zero attached hydrogens (tertiary/aromatic N) is 3. The highest BCUT2D eigenvalue weighted by Gasteiger charge is 2.23. The first-order valence-corrected chi connectivity index (χ1v) is 11.7. The number of aromatic nitrogens is 2. The normalized spacial score (nSPS) is 11.4. The topological polar surface area (TPSA) is 92.3 Å². The van der Waals surface area contributed by atoms with Gasteiger partial charge in [0, 0.05) is 5.75 Å². The van der Waals surface area contributed by atoms with Gasteiger partial charge >= 0.3 is 0 Å². The summed E-state index contributed by atoms with van der Waals surface area (Å²) < 4.78 is 26.3. The summed E-state index contributed by atoms with van der Waals surface area (Å²) >= 11 is 2.85. The third-order valence-corrected chi connectivity index (χ3v) is 6.92. The number of hydrogen-bond donors (Lipinski definition) is 1. The van der Waals surface area contributed by atoms with E-state index in [9.17, 15) is 13.2 Å². The summed E-state index contributed by atoms with van der Waals surface area (Å²) in [6, 6.07) is 5.37. The molecule has 0 unspecified atom stereocenters. The van der Waals surface area contributed by atoms with Gasteiger partial charge in [-0.25, -0.2) is 8.42 Å². The summed E-state index contributed by atoms with van der Waals surface area (Å²) in [4.78, 5) is 12.4. The van der Waals surface area contributed by atoms with Gasteiger partial charge in [0.25, 0.3) is 0 Å². The number of carbonyl (C=O) groups excluding carboxylic acids is 1. The van der Waals surface area contributed by atoms with Crippen molar-refractivity contribution in [1.82, 2.24) is 10.2 Å². The van der Waals surface area contributed by atoms with E-state index in [1.165, 1.54) is 11.3 Å². The predicted molar refractivity (Wildman–Crippen MR) is 108 cm³/mol. The molecule has 0 radical (unpaired) electrons. The summed E-state index contributed by atoms with van der Waals surface area (Å²) in [5.41, 5.74) is 2.28. The molecule has 7 nitrogen and oxygen atoms in total. The Balaban J connectivity index is 2.15. The van der Waals surface area contributed by atoms with E-state index in [4.69, 9.17) is 0 Å². The lowest BCUT2D eigenvalue weighted by molar-refractivity contribution is -0.114. The lowest BCUT2D eigenvalue weighted by atomic mass is 10.1. The summed E-state index contributed by atoms with van der Waals surface area (Å²) in [6.07, 6.45) is 2.11. The second-order valence-electron chi connectivity index (χ2n) is 5.76. The van der Waals surface area contributed by atoms with Gasteiger partial charge in [0.2, 0.25) is 21.1 Å². The van der Waals surface area contributed by atoms with Crippen LogP contribution in [-0.4, -0.2) is 43.1 Å². The van der Waals surface area contributed by atoms with Crippen LogP contribution in [-0.2, 0) is 14.8 Å². The number of sulfonamides is 1. The summed E-state index contributed by atoms with van der Waals surface area (Å²) in [7, 11) is -3.62. The Kier molecular flexibility index (Phi) is 7.01. The minimum Gasteiger partial charge on any atom is -0.299 e. The third kappa shape index (κ3) is 5.42. The molecule has 0 saturated carbocycles. The standard InChI is InChI=1S/C16H22N4O3S3/c1-5-9-24-16-19-18-15(25-16)17-14(21)10-20(26(4,22)23)13-8-6-7-11(2)12(13)3/h6-8H,5,9-10H2,1-4H3,(H,17,18,21). The van der Waals surface area contributed by atoms with E-state index in [0.717, 1.165) is 38.2 Å². The molecule has 0 spiro atoms. The van der Waals surface area contributed by atoms with Crippen molar-refractivity contribution in [1.29, 1.82) is 0 Å². The van der Waals surface area contributed by atoms with E-state index in [1.807, 2.05) is 19.9 Å². The lowest BCUT2D eigenvalue weighted by Crippen LogP contribution is -2.38. The van der Waals surface area contributed by atoms with Gasteiger partial charge in [-0.05, 0) is 37.5 Å². The number of aryl methyl sites for hydroxylation is 1. The molecule has 0 aliphatic rings. The number of carbonyl (C=O) groups is 1. The van der Waals surface area contributed by atoms with Crippen LogP contribution in [0, 0.1) is 13.8 Å². The third-order valence-electron chi connectivity index (χ3n) is 3.61. The molecule has 142 valence electrons. The Morgan fingerprint density at radius 3 is 2.69 bits per heavy atom. The second-order valence-corrected chi connectivity index (χ2v) is 9.98. The van der Waals surface area contributed by atoms with Gasteiger partial charge in [-0.15, -0.1) is 10.2 Å². The number of benzene rings is 1. The second kappa shape index (κ2) is 8.83. The lowest BCUT2D eigenvalue weighted by Gasteiger charge is -2.24. The van der Waals surface area contributed by atoms with Crippen molar-refractivity contribution in [2.75, 3.05) is 28.2 Å². The first-order valence-electron chi connectivity index (χ1n) is 8.02. The van der Waals surface area contributed by atoms with Crippen LogP contribution in [0.4, 0.5) is 10.8 Å². The first kappa shape index (κ1) is 20.7. The highest BCUT2D eigenvalue weighted by Crippen LogP contribution is 2.27. The fraction of sp³-hybridized carbons (Fsp3) is 0.438. The maximum Gasteiger partial charge on any atom is 0.246 e. The maximum atomic E-state index is 12.4. The molecule has 0 fully saturated rings. The molecular weight excluding hydrogens is 392 g/mol. The molecule has 1 aromatic carbocycles. The van der Waals surface area contributed by atoms with Gasteiger partial charge in [-0.1, -0.05) is 42.2 Å². The maximum absolute atomic E-state index is 12.4. The molecule has 0 saturated heterocycles. The fourth-order valence-corrected chi connectivity index (χ4v) is 4.78. The van der Waals surface area contributed by atoms with Gasteiger partial charge in [0.1, 0.15) is 6.54 Å². The first-order chi connectivity index (χ1) is 12.2. The van der Waals surface area contributed by atoms with E-state index >= 15 is 0 Å². The number of rotatable bonds is 8. The molecule has 2 rings (SSSR count). The molecule has 1 heterocycles. The molecule has 1 N–H and O–H groups in total. The van der Waals surface area contributed by atoms with E-state index < -0.39 is 15.9 Å². The van der Waals surface area contributed by atoms with Crippen LogP contribution in [0.3, 0.4) is 0 Å². The Bertz CT molecular complexity index is 881. The summed E-state index contributed by atoms with van der Waals surface area (Å²) in [5, 5.41) is 10.9. The molecule has 0 bridgehead atoms. The zero-order valence-electron chi connectivity index (χ0n) is 15.1. The highest BCUT2D eigenvalue weighted by atomic mass is 32.2. The number of anilines is 2. The van der Waals surface area contributed by atoms with E-state index in [1.54, 1.807) is 23.9 Å². The predicted octanol–water partition coefficient (Wildman–Crippen LogP) is 3.06. The number of thioether (sulfide) groups is 1. The van der Waals surface area contributed by atoms with Crippen molar-refractivity contribution >= 4 is 49.8 Å². The molecule has 26 heavy (non-hydrogen) atoms. The van der Waals surface area contributed by atoms with Gasteiger partial charge in [0.05, 0.1) is 11.9 Å². The molecule has 0 aliphatic heterocycles. The van der Waals surface area contributed by atoms with Gasteiger partial charge in [-0.2, -0.15) is 0 Å². The molecule has 2 aromatic rings. The number of nitrogens with one attached hydrogen (secondary N) is 1. The zero-order valence-corrected chi connectivity index (χ0v) is 17.6. The van der Waals surface area contributed by atoms with E-state index in [2.05, 4.69) is 22.4 Å². The van der Waals surface area contributed by atoms with Crippen molar-refractivity contribution in [2.24, 2.45) is 0 Å². The fourth-order valence-electron chi connectivity index (χ4n) is 2.18. The smallest absolute Gasteiger partial charge is 0.246 e. The van der Waals surface area contributed by atoms with Crippen LogP contribution in [0.2, 0.25) is 0 Å². The van der Waals surface area contributed by atoms with Gasteiger partial charge < -0.3 is 0 Å². The molecule has 10 heteroatoms. The number of amides is 1. The van der Waals surface area contributed by atoms with Crippen LogP contribution in [0.1, 0.15) is 24.5 Å². The summed E-state index contributed by atoms with van der Waals surface area (Å²) in [6.45, 7) is 5.49. The average molecular weight is 415 g/mol. The van der Waals surface area contributed by atoms with Crippen LogP contribution < -0.4 is 9.62 Å². The Hall–Kier alpha value is -1.65. The molecule has 1 amide bonds. The Morgan fingerprint density at radius 1 is 1.31 bits per heavy atom. The highest BCUT2D eigenvalue weighted by molar-refractivity contribution is 8.01. The van der Waals surface area contributed by atoms with Crippen LogP contribution in [0.25, 0.3) is 0 Å². The monoisotopic (exact) mass is 414 g/mol. The van der Waals surface area contributed by atoms with E-state index in [-0.39, 0.29) is 6.54 Å². The number of hydrogen-bond acceptors (Lipinski definition) is 7. The molecular formula is C16H22N4O3S3. The Labute approximate surface area is 162 Å². The van der Waals surface area contributed by atoms with Crippen molar-refractivity contribution < 1.29 is 13.2 Å². The van der Waals surface area contributed by atoms with Gasteiger partial charge in [0.15, 0.2) is 4.34 Å². The van der Waals surface area contributed by atoms with Crippen molar-refractivity contribution in [2.45, 2.75) is 31.5 Å². The quantitative estimate of drug-likeness (QED) is 0.527. The largest absolute Gasteiger partial charge is 0.299 e. The van der Waals surface area contributed by atoms with Gasteiger partial charge in [-0.3, -0.25) is 14.4 Å². The zero-order chi connectivity index (χ0) is 19.3. The van der Waals surface area contributed by atoms with Crippen molar-refractivity contribution in [3.8, 4) is 0 Å². The SMILES string of the molecule is CCCSc1nnc(NC(=O)CN(c2cccc(C)c2C)S(C)(=O)=O)s1. The summed E-state index contributed by atoms with van der Waals surface area (Å²) in [5.74, 6) is 0.469. The molecule has 0 aliphatic carbocycles. The molecule has 1 aromatic heterocycles. The molecule has 0 atom stereocenters. The minimum atomic E-state index is -3.62. The van der Waals surface area contributed by atoms with E-state index in [0.29, 0.717) is 10.8 Å². The average Bonchev–Trinajstić information content (AvgIpc) is 3.00. The van der Waals surface area contributed by atoms with Crippen LogP contribution in [0.15, 0.2) is 22.5 Å².